The zero-order chi connectivity index (χ0) is 17.8. The van der Waals surface area contributed by atoms with Crippen molar-refractivity contribution in [3.05, 3.63) is 97.3 Å². The summed E-state index contributed by atoms with van der Waals surface area (Å²) in [6, 6.07) is 32.4. The van der Waals surface area contributed by atoms with Crippen LogP contribution in [0.2, 0.25) is 0 Å². The quantitative estimate of drug-likeness (QED) is 0.398. The van der Waals surface area contributed by atoms with Gasteiger partial charge in [-0.3, -0.25) is 0 Å². The second kappa shape index (κ2) is 7.23. The van der Waals surface area contributed by atoms with Gasteiger partial charge in [0.2, 0.25) is 0 Å². The van der Waals surface area contributed by atoms with Crippen LogP contribution in [-0.2, 0) is 0 Å². The Morgan fingerprint density at radius 3 is 1.46 bits per heavy atom. The van der Waals surface area contributed by atoms with Crippen LogP contribution in [0.3, 0.4) is 0 Å². The minimum atomic E-state index is -2.49. The van der Waals surface area contributed by atoms with Crippen LogP contribution in [0.15, 0.2) is 97.3 Å². The summed E-state index contributed by atoms with van der Waals surface area (Å²) in [5, 5.41) is 4.92. The third kappa shape index (κ3) is 2.75. The third-order valence-electron chi connectivity index (χ3n) is 4.71. The maximum Gasteiger partial charge on any atom is 0.254 e. The van der Waals surface area contributed by atoms with E-state index in [1.54, 1.807) is 6.33 Å². The molecule has 0 amide bonds. The highest BCUT2D eigenvalue weighted by Gasteiger charge is 2.45. The van der Waals surface area contributed by atoms with E-state index >= 15 is 0 Å². The molecule has 0 radical (unpaired) electrons. The second-order valence-electron chi connectivity index (χ2n) is 6.09. The first kappa shape index (κ1) is 16.7. The van der Waals surface area contributed by atoms with Gasteiger partial charge in [0, 0.05) is 18.6 Å². The van der Waals surface area contributed by atoms with Gasteiger partial charge in [0.15, 0.2) is 5.13 Å². The third-order valence-corrected chi connectivity index (χ3v) is 10.3. The van der Waals surface area contributed by atoms with Gasteiger partial charge in [-0.2, -0.15) is 4.37 Å². The van der Waals surface area contributed by atoms with Gasteiger partial charge in [0.1, 0.15) is 6.33 Å². The highest BCUT2D eigenvalue weighted by atomic mass is 32.1. The van der Waals surface area contributed by atoms with Crippen LogP contribution >= 0.6 is 11.5 Å². The Balaban J connectivity index is 2.07. The molecule has 128 valence electrons. The largest absolute Gasteiger partial charge is 0.364 e. The number of hydrogen-bond donors (Lipinski definition) is 0. The van der Waals surface area contributed by atoms with Crippen LogP contribution in [0.5, 0.6) is 0 Å². The molecule has 0 spiro atoms. The Kier molecular flexibility index (Phi) is 4.64. The van der Waals surface area contributed by atoms with Crippen LogP contribution in [0.1, 0.15) is 0 Å². The zero-order valence-electron chi connectivity index (χ0n) is 14.5. The summed E-state index contributed by atoms with van der Waals surface area (Å²) >= 11 is 1.44. The van der Waals surface area contributed by atoms with Gasteiger partial charge in [0.25, 0.3) is 8.24 Å². The number of benzene rings is 3. The van der Waals surface area contributed by atoms with E-state index in [4.69, 9.17) is 0 Å². The molecular formula is C21H19N3SSi. The van der Waals surface area contributed by atoms with Gasteiger partial charge in [-0.25, -0.2) is 4.98 Å². The van der Waals surface area contributed by atoms with E-state index in [1.165, 1.54) is 27.1 Å². The molecule has 4 rings (SSSR count). The van der Waals surface area contributed by atoms with Crippen molar-refractivity contribution in [2.24, 2.45) is 0 Å². The van der Waals surface area contributed by atoms with Gasteiger partial charge < -0.3 is 4.57 Å². The Morgan fingerprint density at radius 2 is 1.12 bits per heavy atom. The molecule has 0 aliphatic carbocycles. The lowest BCUT2D eigenvalue weighted by Crippen LogP contribution is -2.76. The number of rotatable bonds is 5. The monoisotopic (exact) mass is 373 g/mol. The average molecular weight is 374 g/mol. The fourth-order valence-electron chi connectivity index (χ4n) is 3.58. The van der Waals surface area contributed by atoms with Gasteiger partial charge in [0.05, 0.1) is 0 Å². The molecule has 0 atom stereocenters. The van der Waals surface area contributed by atoms with Crippen molar-refractivity contribution >= 4 is 40.5 Å². The predicted molar refractivity (Wildman–Crippen MR) is 112 cm³/mol. The number of aromatic nitrogens is 2. The lowest BCUT2D eigenvalue weighted by atomic mass is 10.3. The molecule has 0 saturated heterocycles. The molecular weight excluding hydrogens is 354 g/mol. The van der Waals surface area contributed by atoms with E-state index < -0.39 is 8.24 Å². The summed E-state index contributed by atoms with van der Waals surface area (Å²) < 4.78 is 6.61. The first-order chi connectivity index (χ1) is 12.8. The standard InChI is InChI=1S/C21H19N3SSi/c1-24(21-22-17-23-25-21)26(18-11-5-2-6-12-18,19-13-7-3-8-14-19)20-15-9-4-10-16-20/h2-17H,1H3. The minimum Gasteiger partial charge on any atom is -0.364 e. The Hall–Kier alpha value is -2.76. The molecule has 1 heterocycles. The summed E-state index contributed by atoms with van der Waals surface area (Å²) in [6.45, 7) is 0. The summed E-state index contributed by atoms with van der Waals surface area (Å²) in [6.07, 6.45) is 1.64. The first-order valence-corrected chi connectivity index (χ1v) is 11.2. The van der Waals surface area contributed by atoms with E-state index in [0.29, 0.717) is 0 Å². The van der Waals surface area contributed by atoms with Gasteiger partial charge >= 0.3 is 0 Å². The summed E-state index contributed by atoms with van der Waals surface area (Å²) in [5.41, 5.74) is 0. The van der Waals surface area contributed by atoms with E-state index in [2.05, 4.69) is 112 Å². The maximum absolute atomic E-state index is 4.53. The van der Waals surface area contributed by atoms with Gasteiger partial charge in [-0.15, -0.1) is 0 Å². The minimum absolute atomic E-state index is 0.938. The molecule has 3 nitrogen and oxygen atoms in total. The molecule has 0 bridgehead atoms. The van der Waals surface area contributed by atoms with Crippen LogP contribution in [0.4, 0.5) is 5.13 Å². The average Bonchev–Trinajstić information content (AvgIpc) is 3.26. The fourth-order valence-corrected chi connectivity index (χ4v) is 9.05. The molecule has 0 fully saturated rings. The lowest BCUT2D eigenvalue weighted by Gasteiger charge is -2.40. The van der Waals surface area contributed by atoms with Gasteiger partial charge in [-0.1, -0.05) is 91.0 Å². The summed E-state index contributed by atoms with van der Waals surface area (Å²) in [7, 11) is -0.338. The smallest absolute Gasteiger partial charge is 0.254 e. The molecule has 4 aromatic rings. The van der Waals surface area contributed by atoms with Gasteiger partial charge in [-0.05, 0) is 15.6 Å². The van der Waals surface area contributed by atoms with Crippen molar-refractivity contribution in [1.82, 2.24) is 9.36 Å². The molecule has 0 saturated carbocycles. The molecule has 1 aromatic heterocycles. The molecule has 3 aromatic carbocycles. The molecule has 5 heteroatoms. The SMILES string of the molecule is CN(c1ncns1)[Si](c1ccccc1)(c1ccccc1)c1ccccc1. The van der Waals surface area contributed by atoms with Crippen molar-refractivity contribution in [1.29, 1.82) is 0 Å². The highest BCUT2D eigenvalue weighted by Crippen LogP contribution is 2.21. The number of hydrogen-bond acceptors (Lipinski definition) is 4. The first-order valence-electron chi connectivity index (χ1n) is 8.50. The molecule has 26 heavy (non-hydrogen) atoms. The second-order valence-corrected chi connectivity index (χ2v) is 10.7. The summed E-state index contributed by atoms with van der Waals surface area (Å²) in [4.78, 5) is 4.53. The van der Waals surface area contributed by atoms with Crippen molar-refractivity contribution in [3.63, 3.8) is 0 Å². The zero-order valence-corrected chi connectivity index (χ0v) is 16.3. The predicted octanol–water partition coefficient (Wildman–Crippen LogP) is 2.64. The normalized spacial score (nSPS) is 11.3. The van der Waals surface area contributed by atoms with Crippen molar-refractivity contribution in [3.8, 4) is 0 Å². The van der Waals surface area contributed by atoms with E-state index in [1.807, 2.05) is 0 Å². The molecule has 0 aliphatic heterocycles. The Bertz CT molecular complexity index is 848. The lowest BCUT2D eigenvalue weighted by molar-refractivity contribution is 1.21. The van der Waals surface area contributed by atoms with E-state index in [9.17, 15) is 0 Å². The van der Waals surface area contributed by atoms with Crippen molar-refractivity contribution in [2.75, 3.05) is 11.6 Å². The Morgan fingerprint density at radius 1 is 0.692 bits per heavy atom. The maximum atomic E-state index is 4.53. The number of anilines is 1. The molecule has 0 N–H and O–H groups in total. The van der Waals surface area contributed by atoms with E-state index in [0.717, 1.165) is 5.13 Å². The fraction of sp³-hybridized carbons (Fsp3) is 0.0476. The topological polar surface area (TPSA) is 29.0 Å². The summed E-state index contributed by atoms with van der Waals surface area (Å²) in [5.74, 6) is 0. The van der Waals surface area contributed by atoms with Crippen LogP contribution in [0.25, 0.3) is 0 Å². The van der Waals surface area contributed by atoms with Crippen molar-refractivity contribution < 1.29 is 0 Å². The Labute approximate surface area is 158 Å². The van der Waals surface area contributed by atoms with Crippen LogP contribution in [-0.4, -0.2) is 24.6 Å². The molecule has 0 unspecified atom stereocenters. The van der Waals surface area contributed by atoms with Crippen LogP contribution in [0, 0.1) is 0 Å². The van der Waals surface area contributed by atoms with Crippen molar-refractivity contribution in [2.45, 2.75) is 0 Å². The van der Waals surface area contributed by atoms with E-state index in [-0.39, 0.29) is 0 Å². The highest BCUT2D eigenvalue weighted by molar-refractivity contribution is 7.17. The number of nitrogens with zero attached hydrogens (tertiary/aromatic N) is 3. The molecule has 0 aliphatic rings. The van der Waals surface area contributed by atoms with Crippen LogP contribution < -0.4 is 20.1 Å².